The van der Waals surface area contributed by atoms with Crippen molar-refractivity contribution in [2.24, 2.45) is 7.05 Å². The third-order valence-corrected chi connectivity index (χ3v) is 4.07. The maximum atomic E-state index is 12.2. The van der Waals surface area contributed by atoms with Crippen LogP contribution >= 0.6 is 11.8 Å². The number of hydrogen-bond acceptors (Lipinski definition) is 4. The number of hydrogen-bond donors (Lipinski definition) is 0. The number of aryl methyl sites for hydroxylation is 2. The van der Waals surface area contributed by atoms with Gasteiger partial charge in [0.1, 0.15) is 12.2 Å². The summed E-state index contributed by atoms with van der Waals surface area (Å²) < 4.78 is 1.84. The zero-order valence-corrected chi connectivity index (χ0v) is 13.4. The molecule has 2 rings (SSSR count). The Hall–Kier alpha value is -1.82. The monoisotopic (exact) mass is 304 g/mol. The summed E-state index contributed by atoms with van der Waals surface area (Å²) in [6.45, 7) is 0.631. The predicted octanol–water partition coefficient (Wildman–Crippen LogP) is 2.13. The summed E-state index contributed by atoms with van der Waals surface area (Å²) in [4.78, 5) is 15.1. The van der Waals surface area contributed by atoms with Gasteiger partial charge in [0, 0.05) is 38.4 Å². The molecule has 0 aliphatic rings. The van der Waals surface area contributed by atoms with Crippen LogP contribution in [0.1, 0.15) is 17.8 Å². The third kappa shape index (κ3) is 4.32. The second-order valence-corrected chi connectivity index (χ2v) is 5.84. The first-order valence-corrected chi connectivity index (χ1v) is 8.02. The molecule has 0 unspecified atom stereocenters. The number of benzene rings is 1. The molecule has 21 heavy (non-hydrogen) atoms. The van der Waals surface area contributed by atoms with Crippen molar-refractivity contribution in [1.82, 2.24) is 19.7 Å². The van der Waals surface area contributed by atoms with E-state index in [1.807, 2.05) is 30.8 Å². The molecule has 1 aromatic heterocycles. The van der Waals surface area contributed by atoms with Crippen LogP contribution in [-0.2, 0) is 24.8 Å². The molecule has 1 amide bonds. The molecule has 0 atom stereocenters. The summed E-state index contributed by atoms with van der Waals surface area (Å²) in [6.07, 6.45) is 4.77. The van der Waals surface area contributed by atoms with E-state index in [-0.39, 0.29) is 5.91 Å². The van der Waals surface area contributed by atoms with E-state index in [1.165, 1.54) is 4.90 Å². The molecule has 0 saturated heterocycles. The van der Waals surface area contributed by atoms with E-state index < -0.39 is 0 Å². The van der Waals surface area contributed by atoms with E-state index in [2.05, 4.69) is 28.6 Å². The van der Waals surface area contributed by atoms with Crippen LogP contribution < -0.4 is 0 Å². The zero-order chi connectivity index (χ0) is 15.2. The zero-order valence-electron chi connectivity index (χ0n) is 12.6. The molecule has 0 fully saturated rings. The summed E-state index contributed by atoms with van der Waals surface area (Å²) in [5, 5.41) is 7.81. The van der Waals surface area contributed by atoms with Crippen LogP contribution in [0.25, 0.3) is 0 Å². The lowest BCUT2D eigenvalue weighted by molar-refractivity contribution is -0.130. The average Bonchev–Trinajstić information content (AvgIpc) is 2.90. The van der Waals surface area contributed by atoms with Crippen molar-refractivity contribution in [1.29, 1.82) is 0 Å². The Morgan fingerprint density at radius 2 is 2.24 bits per heavy atom. The lowest BCUT2D eigenvalue weighted by atomic mass is 10.2. The van der Waals surface area contributed by atoms with Gasteiger partial charge in [-0.05, 0) is 24.0 Å². The first-order chi connectivity index (χ1) is 10.1. The molecule has 0 radical (unpaired) electrons. The van der Waals surface area contributed by atoms with E-state index in [0.29, 0.717) is 19.4 Å². The Labute approximate surface area is 129 Å². The molecular weight excluding hydrogens is 284 g/mol. The second kappa shape index (κ2) is 7.26. The van der Waals surface area contributed by atoms with Crippen molar-refractivity contribution in [2.45, 2.75) is 24.3 Å². The Balaban J connectivity index is 1.88. The van der Waals surface area contributed by atoms with Gasteiger partial charge in [-0.15, -0.1) is 22.0 Å². The Morgan fingerprint density at radius 3 is 2.90 bits per heavy atom. The molecule has 0 aliphatic carbocycles. The van der Waals surface area contributed by atoms with E-state index >= 15 is 0 Å². The number of thioether (sulfide) groups is 1. The smallest absolute Gasteiger partial charge is 0.223 e. The second-order valence-electron chi connectivity index (χ2n) is 4.96. The van der Waals surface area contributed by atoms with E-state index in [0.717, 1.165) is 11.4 Å². The Morgan fingerprint density at radius 1 is 1.43 bits per heavy atom. The van der Waals surface area contributed by atoms with E-state index in [9.17, 15) is 4.79 Å². The molecular formula is C15H20N4OS. The predicted molar refractivity (Wildman–Crippen MR) is 84.0 cm³/mol. The van der Waals surface area contributed by atoms with Crippen molar-refractivity contribution >= 4 is 17.7 Å². The SMILES string of the molecule is CSc1cccc(CN(C)C(=O)CCc2nncn2C)c1. The van der Waals surface area contributed by atoms with Gasteiger partial charge in [0.25, 0.3) is 0 Å². The first kappa shape index (κ1) is 15.6. The molecule has 0 aliphatic heterocycles. The highest BCUT2D eigenvalue weighted by Gasteiger charge is 2.11. The lowest BCUT2D eigenvalue weighted by Crippen LogP contribution is -2.26. The summed E-state index contributed by atoms with van der Waals surface area (Å²) in [5.74, 6) is 0.952. The van der Waals surface area contributed by atoms with Gasteiger partial charge in [0.15, 0.2) is 0 Å². The quantitative estimate of drug-likeness (QED) is 0.767. The number of rotatable bonds is 6. The van der Waals surface area contributed by atoms with Crippen LogP contribution in [0.2, 0.25) is 0 Å². The van der Waals surface area contributed by atoms with Crippen molar-refractivity contribution < 1.29 is 4.79 Å². The van der Waals surface area contributed by atoms with Crippen LogP contribution in [0.3, 0.4) is 0 Å². The largest absolute Gasteiger partial charge is 0.341 e. The van der Waals surface area contributed by atoms with Gasteiger partial charge >= 0.3 is 0 Å². The molecule has 0 N–H and O–H groups in total. The van der Waals surface area contributed by atoms with Gasteiger partial charge in [0.2, 0.25) is 5.91 Å². The Kier molecular flexibility index (Phi) is 5.38. The molecule has 5 nitrogen and oxygen atoms in total. The highest BCUT2D eigenvalue weighted by molar-refractivity contribution is 7.98. The van der Waals surface area contributed by atoms with Crippen LogP contribution in [0.5, 0.6) is 0 Å². The fourth-order valence-corrected chi connectivity index (χ4v) is 2.56. The minimum absolute atomic E-state index is 0.118. The molecule has 0 spiro atoms. The number of nitrogens with zero attached hydrogens (tertiary/aromatic N) is 4. The van der Waals surface area contributed by atoms with E-state index in [1.54, 1.807) is 23.0 Å². The molecule has 1 aromatic carbocycles. The lowest BCUT2D eigenvalue weighted by Gasteiger charge is -2.17. The molecule has 112 valence electrons. The first-order valence-electron chi connectivity index (χ1n) is 6.80. The number of carbonyl (C=O) groups excluding carboxylic acids is 1. The normalized spacial score (nSPS) is 10.6. The van der Waals surface area contributed by atoms with Crippen molar-refractivity contribution in [3.8, 4) is 0 Å². The fourth-order valence-electron chi connectivity index (χ4n) is 2.08. The maximum Gasteiger partial charge on any atom is 0.223 e. The van der Waals surface area contributed by atoms with Crippen LogP contribution in [0, 0.1) is 0 Å². The van der Waals surface area contributed by atoms with Gasteiger partial charge in [-0.25, -0.2) is 0 Å². The highest BCUT2D eigenvalue weighted by Crippen LogP contribution is 2.17. The summed E-state index contributed by atoms with van der Waals surface area (Å²) in [5.41, 5.74) is 1.15. The maximum absolute atomic E-state index is 12.2. The Bertz CT molecular complexity index is 611. The molecule has 0 bridgehead atoms. The van der Waals surface area contributed by atoms with Gasteiger partial charge < -0.3 is 9.47 Å². The fraction of sp³-hybridized carbons (Fsp3) is 0.400. The van der Waals surface area contributed by atoms with Crippen molar-refractivity contribution in [3.05, 3.63) is 42.0 Å². The summed E-state index contributed by atoms with van der Waals surface area (Å²) in [7, 11) is 3.72. The van der Waals surface area contributed by atoms with Gasteiger partial charge in [-0.2, -0.15) is 0 Å². The number of amides is 1. The van der Waals surface area contributed by atoms with E-state index in [4.69, 9.17) is 0 Å². The molecule has 0 saturated carbocycles. The van der Waals surface area contributed by atoms with Gasteiger partial charge in [-0.1, -0.05) is 12.1 Å². The third-order valence-electron chi connectivity index (χ3n) is 3.35. The van der Waals surface area contributed by atoms with Gasteiger partial charge in [-0.3, -0.25) is 4.79 Å². The van der Waals surface area contributed by atoms with Crippen LogP contribution in [-0.4, -0.2) is 38.9 Å². The minimum atomic E-state index is 0.118. The summed E-state index contributed by atoms with van der Waals surface area (Å²) in [6, 6.07) is 8.27. The molecule has 6 heteroatoms. The molecule has 2 aromatic rings. The minimum Gasteiger partial charge on any atom is -0.341 e. The summed E-state index contributed by atoms with van der Waals surface area (Å²) >= 11 is 1.71. The average molecular weight is 304 g/mol. The van der Waals surface area contributed by atoms with Crippen LogP contribution in [0.4, 0.5) is 0 Å². The van der Waals surface area contributed by atoms with Crippen molar-refractivity contribution in [3.63, 3.8) is 0 Å². The molecule has 1 heterocycles. The topological polar surface area (TPSA) is 51.0 Å². The van der Waals surface area contributed by atoms with Crippen LogP contribution in [0.15, 0.2) is 35.5 Å². The standard InChI is InChI=1S/C15H20N4OS/c1-18(10-12-5-4-6-13(9-12)21-3)15(20)8-7-14-17-16-11-19(14)2/h4-6,9,11H,7-8,10H2,1-3H3. The highest BCUT2D eigenvalue weighted by atomic mass is 32.2. The van der Waals surface area contributed by atoms with Gasteiger partial charge in [0.05, 0.1) is 0 Å². The van der Waals surface area contributed by atoms with Crippen molar-refractivity contribution in [2.75, 3.05) is 13.3 Å². The number of carbonyl (C=O) groups is 1. The number of aromatic nitrogens is 3.